The number of nitrogens with zero attached hydrogens (tertiary/aromatic N) is 6. The molecule has 1 aromatic carbocycles. The molecule has 2 aliphatic heterocycles. The second kappa shape index (κ2) is 7.46. The van der Waals surface area contributed by atoms with E-state index in [4.69, 9.17) is 4.98 Å². The molecule has 2 aromatic heterocycles. The van der Waals surface area contributed by atoms with Crippen molar-refractivity contribution in [1.29, 1.82) is 0 Å². The Morgan fingerprint density at radius 3 is 2.31 bits per heavy atom. The van der Waals surface area contributed by atoms with Gasteiger partial charge in [0.05, 0.1) is 12.4 Å². The van der Waals surface area contributed by atoms with E-state index < -0.39 is 5.92 Å². The van der Waals surface area contributed by atoms with Crippen LogP contribution in [0.15, 0.2) is 43.0 Å². The zero-order valence-electron chi connectivity index (χ0n) is 18.5. The van der Waals surface area contributed by atoms with Crippen molar-refractivity contribution >= 4 is 17.3 Å². The Bertz CT molecular complexity index is 1140. The molecule has 8 heteroatoms. The molecule has 0 N–H and O–H groups in total. The second-order valence-electron chi connectivity index (χ2n) is 9.30. The third-order valence-corrected chi connectivity index (χ3v) is 6.39. The summed E-state index contributed by atoms with van der Waals surface area (Å²) in [5.74, 6) is -0.480. The zero-order chi connectivity index (χ0) is 22.5. The summed E-state index contributed by atoms with van der Waals surface area (Å²) in [5.41, 5.74) is 4.23. The summed E-state index contributed by atoms with van der Waals surface area (Å²) in [5, 5.41) is 0. The van der Waals surface area contributed by atoms with E-state index >= 15 is 0 Å². The summed E-state index contributed by atoms with van der Waals surface area (Å²) >= 11 is 0. The van der Waals surface area contributed by atoms with Crippen LogP contribution in [0.5, 0.6) is 0 Å². The van der Waals surface area contributed by atoms with Gasteiger partial charge in [-0.25, -0.2) is 23.7 Å². The van der Waals surface area contributed by atoms with Gasteiger partial charge in [-0.2, -0.15) is 0 Å². The summed E-state index contributed by atoms with van der Waals surface area (Å²) in [6.45, 7) is 7.61. The summed E-state index contributed by atoms with van der Waals surface area (Å²) in [6.07, 6.45) is 6.77. The van der Waals surface area contributed by atoms with E-state index in [1.807, 2.05) is 24.2 Å². The number of hydrogen-bond acceptors (Lipinski definition) is 6. The average Bonchev–Trinajstić information content (AvgIpc) is 3.05. The third kappa shape index (κ3) is 3.78. The van der Waals surface area contributed by atoms with Gasteiger partial charge in [0.2, 0.25) is 0 Å². The zero-order valence-corrected chi connectivity index (χ0v) is 18.5. The van der Waals surface area contributed by atoms with Crippen molar-refractivity contribution in [2.24, 2.45) is 0 Å². The first kappa shape index (κ1) is 20.7. The van der Waals surface area contributed by atoms with Gasteiger partial charge in [0.25, 0.3) is 5.92 Å². The summed E-state index contributed by atoms with van der Waals surface area (Å²) in [4.78, 5) is 21.9. The van der Waals surface area contributed by atoms with Crippen molar-refractivity contribution in [3.05, 3.63) is 54.4 Å². The van der Waals surface area contributed by atoms with E-state index in [1.54, 1.807) is 12.4 Å². The van der Waals surface area contributed by atoms with Crippen LogP contribution in [0.2, 0.25) is 0 Å². The van der Waals surface area contributed by atoms with Gasteiger partial charge in [0.15, 0.2) is 5.82 Å². The molecule has 2 aliphatic rings. The standard InChI is InChI=1S/C24H26F2N6/c1-16-28-11-18(12-29-16)17-4-5-19-20(10-17)32(15-23(19,2)3)22-14-27-13-21(30-22)31-8-6-24(25,26)7-9-31/h4-5,10-14H,6-9,15H2,1-3H3. The van der Waals surface area contributed by atoms with E-state index in [2.05, 4.69) is 51.9 Å². The fourth-order valence-electron chi connectivity index (χ4n) is 4.51. The van der Waals surface area contributed by atoms with Gasteiger partial charge in [-0.3, -0.25) is 4.98 Å². The minimum atomic E-state index is -2.59. The van der Waals surface area contributed by atoms with Crippen LogP contribution in [0.4, 0.5) is 26.1 Å². The lowest BCUT2D eigenvalue weighted by molar-refractivity contribution is -0.0221. The number of anilines is 3. The van der Waals surface area contributed by atoms with Gasteiger partial charge in [0.1, 0.15) is 11.6 Å². The maximum absolute atomic E-state index is 13.6. The highest BCUT2D eigenvalue weighted by atomic mass is 19.3. The van der Waals surface area contributed by atoms with E-state index in [0.29, 0.717) is 5.82 Å². The van der Waals surface area contributed by atoms with Gasteiger partial charge in [0, 0.05) is 61.5 Å². The van der Waals surface area contributed by atoms with Crippen LogP contribution in [0, 0.1) is 6.92 Å². The molecular formula is C24H26F2N6. The first-order valence-corrected chi connectivity index (χ1v) is 10.9. The number of rotatable bonds is 3. The first-order chi connectivity index (χ1) is 15.2. The largest absolute Gasteiger partial charge is 0.355 e. The molecule has 5 rings (SSSR count). The van der Waals surface area contributed by atoms with Crippen LogP contribution in [0.1, 0.15) is 38.1 Å². The number of halogens is 2. The molecule has 1 saturated heterocycles. The SMILES string of the molecule is Cc1ncc(-c2ccc3c(c2)N(c2cncc(N4CCC(F)(F)CC4)n2)CC3(C)C)cn1. The van der Waals surface area contributed by atoms with Crippen molar-refractivity contribution in [2.75, 3.05) is 29.4 Å². The van der Waals surface area contributed by atoms with Crippen LogP contribution in [0.3, 0.4) is 0 Å². The average molecular weight is 437 g/mol. The van der Waals surface area contributed by atoms with Crippen LogP contribution < -0.4 is 9.80 Å². The molecule has 0 atom stereocenters. The monoisotopic (exact) mass is 436 g/mol. The number of aromatic nitrogens is 4. The predicted molar refractivity (Wildman–Crippen MR) is 121 cm³/mol. The molecule has 0 spiro atoms. The fourth-order valence-corrected chi connectivity index (χ4v) is 4.51. The van der Waals surface area contributed by atoms with Crippen molar-refractivity contribution in [3.8, 4) is 11.1 Å². The van der Waals surface area contributed by atoms with Crippen molar-refractivity contribution in [1.82, 2.24) is 19.9 Å². The summed E-state index contributed by atoms with van der Waals surface area (Å²) in [7, 11) is 0. The highest BCUT2D eigenvalue weighted by Crippen LogP contribution is 2.45. The normalized spacial score (nSPS) is 19.2. The van der Waals surface area contributed by atoms with E-state index in [1.165, 1.54) is 5.56 Å². The molecule has 6 nitrogen and oxygen atoms in total. The highest BCUT2D eigenvalue weighted by Gasteiger charge is 2.38. The van der Waals surface area contributed by atoms with Crippen LogP contribution in [-0.4, -0.2) is 45.5 Å². The fraction of sp³-hybridized carbons (Fsp3) is 0.417. The Hall–Kier alpha value is -3.16. The first-order valence-electron chi connectivity index (χ1n) is 10.9. The highest BCUT2D eigenvalue weighted by molar-refractivity contribution is 5.77. The molecule has 0 saturated carbocycles. The second-order valence-corrected chi connectivity index (χ2v) is 9.30. The lowest BCUT2D eigenvalue weighted by Crippen LogP contribution is -2.40. The van der Waals surface area contributed by atoms with Gasteiger partial charge in [-0.05, 0) is 24.1 Å². The Balaban J connectivity index is 1.49. The molecule has 0 unspecified atom stereocenters. The van der Waals surface area contributed by atoms with Gasteiger partial charge in [-0.1, -0.05) is 26.0 Å². The molecule has 0 aliphatic carbocycles. The number of benzene rings is 1. The van der Waals surface area contributed by atoms with Crippen LogP contribution in [-0.2, 0) is 5.41 Å². The van der Waals surface area contributed by atoms with Gasteiger partial charge >= 0.3 is 0 Å². The maximum atomic E-state index is 13.6. The van der Waals surface area contributed by atoms with E-state index in [9.17, 15) is 8.78 Å². The topological polar surface area (TPSA) is 58.0 Å². The molecule has 3 aromatic rings. The molecule has 32 heavy (non-hydrogen) atoms. The predicted octanol–water partition coefficient (Wildman–Crippen LogP) is 4.91. The summed E-state index contributed by atoms with van der Waals surface area (Å²) in [6, 6.07) is 6.41. The lowest BCUT2D eigenvalue weighted by atomic mass is 9.86. The Morgan fingerprint density at radius 1 is 0.906 bits per heavy atom. The molecule has 0 radical (unpaired) electrons. The smallest absolute Gasteiger partial charge is 0.251 e. The number of aryl methyl sites for hydroxylation is 1. The Kier molecular flexibility index (Phi) is 4.83. The van der Waals surface area contributed by atoms with Crippen molar-refractivity contribution < 1.29 is 8.78 Å². The van der Waals surface area contributed by atoms with Crippen LogP contribution >= 0.6 is 0 Å². The molecule has 1 fully saturated rings. The number of alkyl halides is 2. The van der Waals surface area contributed by atoms with Crippen molar-refractivity contribution in [2.45, 2.75) is 45.0 Å². The van der Waals surface area contributed by atoms with Gasteiger partial charge in [-0.15, -0.1) is 0 Å². The van der Waals surface area contributed by atoms with Gasteiger partial charge < -0.3 is 9.80 Å². The number of hydrogen-bond donors (Lipinski definition) is 0. The number of fused-ring (bicyclic) bond motifs is 1. The Morgan fingerprint density at radius 2 is 1.59 bits per heavy atom. The van der Waals surface area contributed by atoms with E-state index in [-0.39, 0.29) is 31.3 Å². The number of piperidine rings is 1. The van der Waals surface area contributed by atoms with E-state index in [0.717, 1.165) is 35.0 Å². The minimum absolute atomic E-state index is 0.0670. The quantitative estimate of drug-likeness (QED) is 0.582. The molecular weight excluding hydrogens is 410 g/mol. The third-order valence-electron chi connectivity index (χ3n) is 6.39. The summed E-state index contributed by atoms with van der Waals surface area (Å²) < 4.78 is 27.2. The molecule has 4 heterocycles. The van der Waals surface area contributed by atoms with Crippen molar-refractivity contribution in [3.63, 3.8) is 0 Å². The lowest BCUT2D eigenvalue weighted by Gasteiger charge is -2.32. The molecule has 0 bridgehead atoms. The Labute approximate surface area is 186 Å². The molecule has 166 valence electrons. The molecule has 0 amide bonds. The van der Waals surface area contributed by atoms with Crippen LogP contribution in [0.25, 0.3) is 11.1 Å². The maximum Gasteiger partial charge on any atom is 0.251 e. The minimum Gasteiger partial charge on any atom is -0.355 e.